The Balaban J connectivity index is 1.63. The van der Waals surface area contributed by atoms with Crippen molar-refractivity contribution in [1.82, 2.24) is 4.90 Å². The van der Waals surface area contributed by atoms with Gasteiger partial charge < -0.3 is 14.9 Å². The van der Waals surface area contributed by atoms with Crippen LogP contribution in [0, 0.1) is 11.8 Å². The van der Waals surface area contributed by atoms with Crippen LogP contribution >= 0.6 is 0 Å². The Bertz CT molecular complexity index is 1080. The molecule has 0 bridgehead atoms. The molecule has 2 aromatic carbocycles. The van der Waals surface area contributed by atoms with E-state index < -0.39 is 16.9 Å². The third-order valence-corrected chi connectivity index (χ3v) is 8.40. The molecule has 1 spiro atoms. The Morgan fingerprint density at radius 3 is 2.65 bits per heavy atom. The quantitative estimate of drug-likeness (QED) is 0.614. The topological polar surface area (TPSA) is 82.4 Å². The van der Waals surface area contributed by atoms with Crippen LogP contribution in [0.25, 0.3) is 0 Å². The van der Waals surface area contributed by atoms with Crippen molar-refractivity contribution in [2.24, 2.45) is 16.8 Å². The molecular weight excluding hydrogens is 428 g/mol. The molecule has 2 aliphatic heterocycles. The molecule has 0 amide bonds. The second-order valence-corrected chi connectivity index (χ2v) is 10.1. The van der Waals surface area contributed by atoms with Gasteiger partial charge in [0.1, 0.15) is 0 Å². The van der Waals surface area contributed by atoms with Crippen LogP contribution in [0.3, 0.4) is 0 Å². The SMILES string of the molecule is CCC(O)(CO)CC1CC(C(=O)OC)C2=Nc3ccccc3C23CCN(Cc2ccccc2)C13. The second kappa shape index (κ2) is 8.91. The van der Waals surface area contributed by atoms with E-state index in [1.54, 1.807) is 0 Å². The van der Waals surface area contributed by atoms with E-state index in [9.17, 15) is 15.0 Å². The summed E-state index contributed by atoms with van der Waals surface area (Å²) in [6.45, 7) is 3.28. The Kier molecular flexibility index (Phi) is 6.09. The third-order valence-electron chi connectivity index (χ3n) is 8.40. The monoisotopic (exact) mass is 462 g/mol. The molecule has 5 unspecified atom stereocenters. The van der Waals surface area contributed by atoms with Crippen LogP contribution in [-0.4, -0.2) is 58.7 Å². The van der Waals surface area contributed by atoms with Gasteiger partial charge in [0.15, 0.2) is 0 Å². The predicted octanol–water partition coefficient (Wildman–Crippen LogP) is 3.62. The molecule has 2 aromatic rings. The molecule has 34 heavy (non-hydrogen) atoms. The average Bonchev–Trinajstić information content (AvgIpc) is 3.42. The van der Waals surface area contributed by atoms with Gasteiger partial charge in [0.05, 0.1) is 36.3 Å². The van der Waals surface area contributed by atoms with Crippen molar-refractivity contribution in [3.8, 4) is 0 Å². The molecule has 2 heterocycles. The number of hydrogen-bond acceptors (Lipinski definition) is 6. The number of fused-ring (bicyclic) bond motifs is 1. The lowest BCUT2D eigenvalue weighted by Gasteiger charge is -2.49. The maximum Gasteiger partial charge on any atom is 0.314 e. The number of ether oxygens (including phenoxy) is 1. The minimum absolute atomic E-state index is 0.00230. The molecule has 0 radical (unpaired) electrons. The number of likely N-dealkylation sites (tertiary alicyclic amines) is 1. The van der Waals surface area contributed by atoms with Crippen LogP contribution in [0.1, 0.15) is 43.7 Å². The lowest BCUT2D eigenvalue weighted by molar-refractivity contribution is -0.144. The first-order chi connectivity index (χ1) is 16.5. The summed E-state index contributed by atoms with van der Waals surface area (Å²) in [4.78, 5) is 20.6. The predicted molar refractivity (Wildman–Crippen MR) is 131 cm³/mol. The second-order valence-electron chi connectivity index (χ2n) is 10.1. The van der Waals surface area contributed by atoms with Crippen molar-refractivity contribution >= 4 is 17.4 Å². The normalized spacial score (nSPS) is 29.5. The van der Waals surface area contributed by atoms with Crippen LogP contribution in [0.15, 0.2) is 59.6 Å². The Labute approximate surface area is 201 Å². The van der Waals surface area contributed by atoms with Gasteiger partial charge in [-0.05, 0) is 48.8 Å². The van der Waals surface area contributed by atoms with Crippen LogP contribution < -0.4 is 0 Å². The molecule has 1 aliphatic carbocycles. The summed E-state index contributed by atoms with van der Waals surface area (Å²) >= 11 is 0. The molecule has 1 saturated carbocycles. The van der Waals surface area contributed by atoms with Crippen molar-refractivity contribution < 1.29 is 19.7 Å². The van der Waals surface area contributed by atoms with E-state index in [0.717, 1.165) is 30.9 Å². The number of methoxy groups -OCH3 is 1. The Hall–Kier alpha value is -2.54. The van der Waals surface area contributed by atoms with E-state index in [1.165, 1.54) is 18.2 Å². The van der Waals surface area contributed by atoms with Crippen molar-refractivity contribution in [2.45, 2.75) is 56.2 Å². The van der Waals surface area contributed by atoms with Crippen LogP contribution in [0.2, 0.25) is 0 Å². The minimum atomic E-state index is -1.18. The van der Waals surface area contributed by atoms with Gasteiger partial charge in [-0.3, -0.25) is 14.7 Å². The Morgan fingerprint density at radius 2 is 1.94 bits per heavy atom. The van der Waals surface area contributed by atoms with E-state index in [2.05, 4.69) is 41.3 Å². The molecule has 6 nitrogen and oxygen atoms in total. The number of nitrogens with zero attached hydrogens (tertiary/aromatic N) is 2. The summed E-state index contributed by atoms with van der Waals surface area (Å²) < 4.78 is 5.25. The summed E-state index contributed by atoms with van der Waals surface area (Å²) in [5.41, 5.74) is 2.70. The molecule has 6 heteroatoms. The smallest absolute Gasteiger partial charge is 0.314 e. The summed E-state index contributed by atoms with van der Waals surface area (Å²) in [5, 5.41) is 21.2. The summed E-state index contributed by atoms with van der Waals surface area (Å²) in [7, 11) is 1.44. The van der Waals surface area contributed by atoms with E-state index in [1.807, 2.05) is 25.1 Å². The number of aliphatic hydroxyl groups is 2. The van der Waals surface area contributed by atoms with Crippen molar-refractivity contribution in [3.63, 3.8) is 0 Å². The highest BCUT2D eigenvalue weighted by Gasteiger charge is 2.63. The number of carbonyl (C=O) groups excluding carboxylic acids is 1. The molecule has 2 fully saturated rings. The maximum atomic E-state index is 13.0. The van der Waals surface area contributed by atoms with Gasteiger partial charge in [-0.2, -0.15) is 0 Å². The average molecular weight is 463 g/mol. The van der Waals surface area contributed by atoms with Crippen LogP contribution in [-0.2, 0) is 21.5 Å². The number of para-hydroxylation sites is 1. The highest BCUT2D eigenvalue weighted by Crippen LogP contribution is 2.58. The first-order valence-corrected chi connectivity index (χ1v) is 12.3. The molecule has 5 rings (SSSR count). The number of hydrogen-bond donors (Lipinski definition) is 2. The highest BCUT2D eigenvalue weighted by molar-refractivity contribution is 6.13. The zero-order chi connectivity index (χ0) is 23.9. The third kappa shape index (κ3) is 3.60. The summed E-state index contributed by atoms with van der Waals surface area (Å²) in [6, 6.07) is 18.7. The molecule has 5 atom stereocenters. The van der Waals surface area contributed by atoms with Crippen LogP contribution in [0.4, 0.5) is 5.69 Å². The number of esters is 1. The summed E-state index contributed by atoms with van der Waals surface area (Å²) in [5.74, 6) is -0.715. The van der Waals surface area contributed by atoms with E-state index in [4.69, 9.17) is 9.73 Å². The van der Waals surface area contributed by atoms with E-state index in [-0.39, 0.29) is 24.5 Å². The fourth-order valence-electron chi connectivity index (χ4n) is 6.79. The molecule has 0 aromatic heterocycles. The zero-order valence-electron chi connectivity index (χ0n) is 20.0. The molecular formula is C28H34N2O4. The van der Waals surface area contributed by atoms with E-state index >= 15 is 0 Å². The number of carbonyl (C=O) groups is 1. The van der Waals surface area contributed by atoms with Crippen molar-refractivity contribution in [3.05, 3.63) is 65.7 Å². The van der Waals surface area contributed by atoms with Crippen molar-refractivity contribution in [2.75, 3.05) is 20.3 Å². The fourth-order valence-corrected chi connectivity index (χ4v) is 6.79. The minimum Gasteiger partial charge on any atom is -0.469 e. The van der Waals surface area contributed by atoms with Gasteiger partial charge in [-0.25, -0.2) is 0 Å². The van der Waals surface area contributed by atoms with Gasteiger partial charge in [0.25, 0.3) is 0 Å². The molecule has 180 valence electrons. The van der Waals surface area contributed by atoms with Crippen LogP contribution in [0.5, 0.6) is 0 Å². The molecule has 1 saturated heterocycles. The van der Waals surface area contributed by atoms with Gasteiger partial charge in [0, 0.05) is 24.8 Å². The zero-order valence-corrected chi connectivity index (χ0v) is 20.0. The number of aliphatic imine (C=N–C) groups is 1. The number of aliphatic hydroxyl groups excluding tert-OH is 1. The lowest BCUT2D eigenvalue weighted by atomic mass is 9.57. The lowest BCUT2D eigenvalue weighted by Crippen LogP contribution is -2.59. The fraction of sp³-hybridized carbons (Fsp3) is 0.500. The van der Waals surface area contributed by atoms with Gasteiger partial charge in [-0.15, -0.1) is 0 Å². The summed E-state index contributed by atoms with van der Waals surface area (Å²) in [6.07, 6.45) is 2.31. The van der Waals surface area contributed by atoms with Crippen molar-refractivity contribution in [1.29, 1.82) is 0 Å². The number of rotatable bonds is 7. The standard InChI is InChI=1S/C28H34N2O4/c1-3-27(33,18-31)16-20-15-21(26(32)34-2)24-28(22-11-7-8-12-23(22)29-24)13-14-30(25(20)28)17-19-9-5-4-6-10-19/h4-12,20-21,25,31,33H,3,13-18H2,1-2H3. The largest absolute Gasteiger partial charge is 0.469 e. The van der Waals surface area contributed by atoms with Gasteiger partial charge >= 0.3 is 5.97 Å². The first kappa shape index (κ1) is 23.2. The van der Waals surface area contributed by atoms with Gasteiger partial charge in [-0.1, -0.05) is 55.5 Å². The Morgan fingerprint density at radius 1 is 1.21 bits per heavy atom. The molecule has 2 N–H and O–H groups in total. The molecule has 3 aliphatic rings. The van der Waals surface area contributed by atoms with E-state index in [0.29, 0.717) is 19.3 Å². The van der Waals surface area contributed by atoms with Gasteiger partial charge in [0.2, 0.25) is 0 Å². The highest BCUT2D eigenvalue weighted by atomic mass is 16.5. The number of benzene rings is 2. The maximum absolute atomic E-state index is 13.0. The first-order valence-electron chi connectivity index (χ1n) is 12.3.